The molecule has 0 spiro atoms. The number of carbonyl (C=O) groups is 1. The Labute approximate surface area is 96.6 Å². The Kier molecular flexibility index (Phi) is 4.83. The molecule has 1 amide bonds. The minimum Gasteiger partial charge on any atom is -0.484 e. The lowest BCUT2D eigenvalue weighted by Gasteiger charge is -2.13. The Hall–Kier alpha value is -1.51. The van der Waals surface area contributed by atoms with Crippen molar-refractivity contribution in [2.45, 2.75) is 32.6 Å². The molecule has 0 bridgehead atoms. The van der Waals surface area contributed by atoms with Crippen LogP contribution in [0.15, 0.2) is 24.3 Å². The maximum absolute atomic E-state index is 10.5. The van der Waals surface area contributed by atoms with Gasteiger partial charge in [-0.1, -0.05) is 26.0 Å². The van der Waals surface area contributed by atoms with Crippen LogP contribution in [0, 0.1) is 0 Å². The highest BCUT2D eigenvalue weighted by Crippen LogP contribution is 2.24. The molecule has 1 rings (SSSR count). The summed E-state index contributed by atoms with van der Waals surface area (Å²) in [5, 5.41) is 0. The monoisotopic (exact) mass is 221 g/mol. The third-order valence-corrected chi connectivity index (χ3v) is 2.72. The van der Waals surface area contributed by atoms with E-state index in [1.165, 1.54) is 5.56 Å². The normalized spacial score (nSPS) is 10.4. The molecule has 3 heteroatoms. The van der Waals surface area contributed by atoms with Crippen LogP contribution in [0.2, 0.25) is 0 Å². The number of carbonyl (C=O) groups excluding carboxylic acids is 1. The number of nitrogens with two attached hydrogens (primary N) is 1. The summed E-state index contributed by atoms with van der Waals surface area (Å²) in [5.41, 5.74) is 6.31. The second-order valence-electron chi connectivity index (χ2n) is 3.84. The first-order valence-corrected chi connectivity index (χ1v) is 5.68. The zero-order valence-electron chi connectivity index (χ0n) is 9.90. The first kappa shape index (κ1) is 12.6. The molecular formula is C13H19NO2. The number of benzene rings is 1. The third kappa shape index (κ3) is 3.57. The van der Waals surface area contributed by atoms with E-state index in [4.69, 9.17) is 10.5 Å². The molecule has 1 aromatic rings. The number of hydrogen-bond acceptors (Lipinski definition) is 2. The predicted molar refractivity (Wildman–Crippen MR) is 64.5 cm³/mol. The van der Waals surface area contributed by atoms with Gasteiger partial charge >= 0.3 is 0 Å². The van der Waals surface area contributed by atoms with Crippen LogP contribution in [0.3, 0.4) is 0 Å². The standard InChI is InChI=1S/C13H19NO2/c1-3-10(4-2)11-5-7-12(8-6-11)16-9-13(14)15/h5-8,10H,3-4,9H2,1-2H3,(H2,14,15). The molecule has 0 saturated heterocycles. The van der Waals surface area contributed by atoms with Crippen LogP contribution in [0.5, 0.6) is 5.75 Å². The molecule has 88 valence electrons. The van der Waals surface area contributed by atoms with Gasteiger partial charge in [0.15, 0.2) is 6.61 Å². The van der Waals surface area contributed by atoms with Crippen molar-refractivity contribution >= 4 is 5.91 Å². The second kappa shape index (κ2) is 6.16. The van der Waals surface area contributed by atoms with Crippen LogP contribution in [0.4, 0.5) is 0 Å². The molecule has 0 aliphatic heterocycles. The SMILES string of the molecule is CCC(CC)c1ccc(OCC(N)=O)cc1. The van der Waals surface area contributed by atoms with Gasteiger partial charge in [-0.25, -0.2) is 0 Å². The van der Waals surface area contributed by atoms with Crippen molar-refractivity contribution in [3.8, 4) is 5.75 Å². The summed E-state index contributed by atoms with van der Waals surface area (Å²) >= 11 is 0. The largest absolute Gasteiger partial charge is 0.484 e. The lowest BCUT2D eigenvalue weighted by molar-refractivity contribution is -0.119. The van der Waals surface area contributed by atoms with Crippen LogP contribution < -0.4 is 10.5 Å². The van der Waals surface area contributed by atoms with Gasteiger partial charge in [0.05, 0.1) is 0 Å². The van der Waals surface area contributed by atoms with Crippen LogP contribution in [0.25, 0.3) is 0 Å². The van der Waals surface area contributed by atoms with E-state index in [1.54, 1.807) is 0 Å². The molecule has 0 atom stereocenters. The lowest BCUT2D eigenvalue weighted by atomic mass is 9.94. The number of hydrogen-bond donors (Lipinski definition) is 1. The molecule has 3 nitrogen and oxygen atoms in total. The van der Waals surface area contributed by atoms with Gasteiger partial charge in [0.1, 0.15) is 5.75 Å². The zero-order valence-corrected chi connectivity index (χ0v) is 9.90. The molecule has 16 heavy (non-hydrogen) atoms. The van der Waals surface area contributed by atoms with Gasteiger partial charge in [-0.3, -0.25) is 4.79 Å². The van der Waals surface area contributed by atoms with Crippen LogP contribution in [-0.4, -0.2) is 12.5 Å². The summed E-state index contributed by atoms with van der Waals surface area (Å²) in [7, 11) is 0. The highest BCUT2D eigenvalue weighted by atomic mass is 16.5. The van der Waals surface area contributed by atoms with Crippen LogP contribution in [-0.2, 0) is 4.79 Å². The predicted octanol–water partition coefficient (Wildman–Crippen LogP) is 2.45. The Morgan fingerprint density at radius 1 is 1.25 bits per heavy atom. The highest BCUT2D eigenvalue weighted by molar-refractivity contribution is 5.75. The topological polar surface area (TPSA) is 52.3 Å². The van der Waals surface area contributed by atoms with E-state index in [0.717, 1.165) is 12.8 Å². The number of primary amides is 1. The summed E-state index contributed by atoms with van der Waals surface area (Å²) < 4.78 is 5.19. The fourth-order valence-electron chi connectivity index (χ4n) is 1.75. The van der Waals surface area contributed by atoms with Crippen molar-refractivity contribution in [1.29, 1.82) is 0 Å². The first-order valence-electron chi connectivity index (χ1n) is 5.68. The number of rotatable bonds is 6. The molecule has 2 N–H and O–H groups in total. The molecular weight excluding hydrogens is 202 g/mol. The van der Waals surface area contributed by atoms with Crippen molar-refractivity contribution in [3.05, 3.63) is 29.8 Å². The summed E-state index contributed by atoms with van der Waals surface area (Å²) in [5.74, 6) is 0.836. The fourth-order valence-corrected chi connectivity index (χ4v) is 1.75. The maximum Gasteiger partial charge on any atom is 0.255 e. The molecule has 0 aliphatic rings. The quantitative estimate of drug-likeness (QED) is 0.802. The van der Waals surface area contributed by atoms with Gasteiger partial charge in [-0.05, 0) is 36.5 Å². The molecule has 0 aromatic heterocycles. The average Bonchev–Trinajstić information content (AvgIpc) is 2.29. The van der Waals surface area contributed by atoms with E-state index >= 15 is 0 Å². The van der Waals surface area contributed by atoms with Crippen molar-refractivity contribution < 1.29 is 9.53 Å². The smallest absolute Gasteiger partial charge is 0.255 e. The van der Waals surface area contributed by atoms with E-state index in [-0.39, 0.29) is 6.61 Å². The average molecular weight is 221 g/mol. The number of ether oxygens (including phenoxy) is 1. The van der Waals surface area contributed by atoms with Gasteiger partial charge in [-0.2, -0.15) is 0 Å². The van der Waals surface area contributed by atoms with E-state index in [1.807, 2.05) is 24.3 Å². The summed E-state index contributed by atoms with van der Waals surface area (Å²) in [6.45, 7) is 4.31. The van der Waals surface area contributed by atoms with E-state index in [2.05, 4.69) is 13.8 Å². The van der Waals surface area contributed by atoms with Gasteiger partial charge in [0, 0.05) is 0 Å². The summed E-state index contributed by atoms with van der Waals surface area (Å²) in [6, 6.07) is 7.87. The lowest BCUT2D eigenvalue weighted by Crippen LogP contribution is -2.19. The Bertz CT molecular complexity index is 328. The molecule has 0 heterocycles. The highest BCUT2D eigenvalue weighted by Gasteiger charge is 2.06. The van der Waals surface area contributed by atoms with Crippen LogP contribution >= 0.6 is 0 Å². The van der Waals surface area contributed by atoms with Crippen molar-refractivity contribution in [1.82, 2.24) is 0 Å². The van der Waals surface area contributed by atoms with E-state index in [0.29, 0.717) is 11.7 Å². The molecule has 0 unspecified atom stereocenters. The third-order valence-electron chi connectivity index (χ3n) is 2.72. The molecule has 0 saturated carbocycles. The van der Waals surface area contributed by atoms with Crippen molar-refractivity contribution in [2.24, 2.45) is 5.73 Å². The van der Waals surface area contributed by atoms with Crippen molar-refractivity contribution in [2.75, 3.05) is 6.61 Å². The molecule has 0 fully saturated rings. The van der Waals surface area contributed by atoms with E-state index < -0.39 is 5.91 Å². The first-order chi connectivity index (χ1) is 7.67. The van der Waals surface area contributed by atoms with Crippen molar-refractivity contribution in [3.63, 3.8) is 0 Å². The second-order valence-corrected chi connectivity index (χ2v) is 3.84. The van der Waals surface area contributed by atoms with Gasteiger partial charge in [0.2, 0.25) is 0 Å². The number of amides is 1. The maximum atomic E-state index is 10.5. The summed E-state index contributed by atoms with van der Waals surface area (Å²) in [4.78, 5) is 10.5. The van der Waals surface area contributed by atoms with Gasteiger partial charge < -0.3 is 10.5 Å². The van der Waals surface area contributed by atoms with Gasteiger partial charge in [0.25, 0.3) is 5.91 Å². The minimum atomic E-state index is -0.455. The van der Waals surface area contributed by atoms with Gasteiger partial charge in [-0.15, -0.1) is 0 Å². The fraction of sp³-hybridized carbons (Fsp3) is 0.462. The molecule has 1 aromatic carbocycles. The Balaban J connectivity index is 2.63. The zero-order chi connectivity index (χ0) is 12.0. The summed E-state index contributed by atoms with van der Waals surface area (Å²) in [6.07, 6.45) is 2.27. The van der Waals surface area contributed by atoms with E-state index in [9.17, 15) is 4.79 Å². The Morgan fingerprint density at radius 2 is 1.81 bits per heavy atom. The molecule has 0 aliphatic carbocycles. The molecule has 0 radical (unpaired) electrons. The Morgan fingerprint density at radius 3 is 2.25 bits per heavy atom. The van der Waals surface area contributed by atoms with Crippen LogP contribution in [0.1, 0.15) is 38.2 Å². The minimum absolute atomic E-state index is 0.0651.